The van der Waals surface area contributed by atoms with E-state index in [0.29, 0.717) is 17.1 Å². The molecule has 1 atom stereocenters. The number of amides is 2. The van der Waals surface area contributed by atoms with Gasteiger partial charge in [0.2, 0.25) is 21.8 Å². The molecular formula is C24H31Cl2N3O5S. The number of ether oxygens (including phenoxy) is 1. The summed E-state index contributed by atoms with van der Waals surface area (Å²) in [7, 11) is -2.53. The van der Waals surface area contributed by atoms with E-state index in [-0.39, 0.29) is 28.9 Å². The van der Waals surface area contributed by atoms with Crippen LogP contribution in [-0.4, -0.2) is 57.6 Å². The minimum Gasteiger partial charge on any atom is -0.495 e. The fourth-order valence-corrected chi connectivity index (χ4v) is 4.59. The zero-order valence-corrected chi connectivity index (χ0v) is 22.6. The molecule has 0 unspecified atom stereocenters. The summed E-state index contributed by atoms with van der Waals surface area (Å²) in [5.74, 6) is -0.698. The van der Waals surface area contributed by atoms with Crippen LogP contribution in [0.4, 0.5) is 5.69 Å². The molecule has 2 amide bonds. The molecule has 0 aromatic heterocycles. The fourth-order valence-electron chi connectivity index (χ4n) is 3.38. The highest BCUT2D eigenvalue weighted by atomic mass is 35.5. The molecule has 0 bridgehead atoms. The Balaban J connectivity index is 2.43. The van der Waals surface area contributed by atoms with Gasteiger partial charge in [-0.2, -0.15) is 0 Å². The average Bonchev–Trinajstić information content (AvgIpc) is 2.80. The van der Waals surface area contributed by atoms with Crippen LogP contribution in [0.15, 0.2) is 42.5 Å². The van der Waals surface area contributed by atoms with Crippen LogP contribution in [0.5, 0.6) is 5.75 Å². The summed E-state index contributed by atoms with van der Waals surface area (Å²) in [5.41, 5.74) is 0.746. The van der Waals surface area contributed by atoms with E-state index in [1.54, 1.807) is 37.3 Å². The molecule has 0 aliphatic heterocycles. The van der Waals surface area contributed by atoms with E-state index < -0.39 is 28.5 Å². The van der Waals surface area contributed by atoms with Crippen LogP contribution in [0.25, 0.3) is 0 Å². The molecule has 0 aliphatic carbocycles. The van der Waals surface area contributed by atoms with Crippen molar-refractivity contribution < 1.29 is 22.7 Å². The lowest BCUT2D eigenvalue weighted by Crippen LogP contribution is -2.51. The fraction of sp³-hybridized carbons (Fsp3) is 0.417. The molecule has 1 N–H and O–H groups in total. The number of unbranched alkanes of at least 4 members (excludes halogenated alkanes) is 1. The van der Waals surface area contributed by atoms with E-state index in [0.717, 1.165) is 23.4 Å². The number of carbonyl (C=O) groups excluding carboxylic acids is 2. The van der Waals surface area contributed by atoms with Crippen LogP contribution in [0.1, 0.15) is 32.3 Å². The Kier molecular flexibility index (Phi) is 10.7. The largest absolute Gasteiger partial charge is 0.495 e. The molecule has 0 spiro atoms. The summed E-state index contributed by atoms with van der Waals surface area (Å²) >= 11 is 12.4. The molecule has 2 aromatic rings. The number of methoxy groups -OCH3 is 1. The van der Waals surface area contributed by atoms with Gasteiger partial charge in [0.15, 0.2) is 0 Å². The first-order valence-corrected chi connectivity index (χ1v) is 13.7. The van der Waals surface area contributed by atoms with Crippen LogP contribution in [0.3, 0.4) is 0 Å². The molecule has 192 valence electrons. The Morgan fingerprint density at radius 1 is 1.14 bits per heavy atom. The van der Waals surface area contributed by atoms with Gasteiger partial charge in [0.25, 0.3) is 0 Å². The number of anilines is 1. The summed E-state index contributed by atoms with van der Waals surface area (Å²) in [6.07, 6.45) is 2.69. The number of nitrogens with one attached hydrogen (secondary N) is 1. The second kappa shape index (κ2) is 13.0. The van der Waals surface area contributed by atoms with Crippen molar-refractivity contribution in [2.75, 3.05) is 30.8 Å². The van der Waals surface area contributed by atoms with Gasteiger partial charge in [-0.1, -0.05) is 54.7 Å². The van der Waals surface area contributed by atoms with E-state index in [4.69, 9.17) is 27.9 Å². The van der Waals surface area contributed by atoms with E-state index in [2.05, 4.69) is 5.32 Å². The first kappa shape index (κ1) is 28.7. The zero-order valence-electron chi connectivity index (χ0n) is 20.3. The van der Waals surface area contributed by atoms with Crippen molar-refractivity contribution in [1.29, 1.82) is 0 Å². The Morgan fingerprint density at radius 2 is 1.83 bits per heavy atom. The first-order chi connectivity index (χ1) is 16.5. The van der Waals surface area contributed by atoms with Gasteiger partial charge >= 0.3 is 0 Å². The predicted molar refractivity (Wildman–Crippen MR) is 140 cm³/mol. The molecule has 2 rings (SSSR count). The maximum atomic E-state index is 13.6. The highest BCUT2D eigenvalue weighted by Crippen LogP contribution is 2.33. The van der Waals surface area contributed by atoms with Crippen molar-refractivity contribution in [2.45, 2.75) is 39.3 Å². The quantitative estimate of drug-likeness (QED) is 0.406. The monoisotopic (exact) mass is 543 g/mol. The minimum absolute atomic E-state index is 0.0190. The third-order valence-corrected chi connectivity index (χ3v) is 7.11. The predicted octanol–water partition coefficient (Wildman–Crippen LogP) is 4.10. The lowest BCUT2D eigenvalue weighted by Gasteiger charge is -2.32. The Bertz CT molecular complexity index is 1140. The van der Waals surface area contributed by atoms with Crippen LogP contribution < -0.4 is 14.4 Å². The molecule has 0 saturated carbocycles. The second-order valence-corrected chi connectivity index (χ2v) is 10.8. The molecule has 0 radical (unpaired) electrons. The van der Waals surface area contributed by atoms with Crippen LogP contribution in [-0.2, 0) is 26.2 Å². The number of benzene rings is 2. The summed E-state index contributed by atoms with van der Waals surface area (Å²) in [5, 5.41) is 3.53. The van der Waals surface area contributed by atoms with Gasteiger partial charge < -0.3 is 15.0 Å². The molecule has 0 saturated heterocycles. The highest BCUT2D eigenvalue weighted by molar-refractivity contribution is 7.92. The molecular weight excluding hydrogens is 513 g/mol. The van der Waals surface area contributed by atoms with Gasteiger partial charge in [-0.15, -0.1) is 0 Å². The second-order valence-electron chi connectivity index (χ2n) is 8.02. The Hall–Kier alpha value is -2.49. The number of hydrogen-bond acceptors (Lipinski definition) is 5. The highest BCUT2D eigenvalue weighted by Gasteiger charge is 2.31. The van der Waals surface area contributed by atoms with Crippen molar-refractivity contribution >= 4 is 50.7 Å². The number of halogens is 2. The third-order valence-electron chi connectivity index (χ3n) is 5.38. The first-order valence-electron chi connectivity index (χ1n) is 11.1. The standard InChI is InChI=1S/C24H31Cl2N3O5S/c1-5-6-13-27-24(31)17(2)28(15-18-9-7-8-10-20(18)26)23(30)16-29(35(4,32)33)21-14-19(25)11-12-22(21)34-3/h7-12,14,17H,5-6,13,15-16H2,1-4H3,(H,27,31)/t17-/m1/s1. The van der Waals surface area contributed by atoms with Crippen molar-refractivity contribution in [1.82, 2.24) is 10.2 Å². The molecule has 0 heterocycles. The van der Waals surface area contributed by atoms with Gasteiger partial charge in [0.1, 0.15) is 18.3 Å². The van der Waals surface area contributed by atoms with E-state index >= 15 is 0 Å². The Morgan fingerprint density at radius 3 is 2.43 bits per heavy atom. The topological polar surface area (TPSA) is 96.0 Å². The van der Waals surface area contributed by atoms with Crippen molar-refractivity contribution in [3.8, 4) is 5.75 Å². The molecule has 35 heavy (non-hydrogen) atoms. The van der Waals surface area contributed by atoms with Crippen molar-refractivity contribution in [3.63, 3.8) is 0 Å². The molecule has 8 nitrogen and oxygen atoms in total. The van der Waals surface area contributed by atoms with Crippen LogP contribution in [0.2, 0.25) is 10.0 Å². The number of nitrogens with zero attached hydrogens (tertiary/aromatic N) is 2. The van der Waals surface area contributed by atoms with E-state index in [9.17, 15) is 18.0 Å². The minimum atomic E-state index is -3.92. The lowest BCUT2D eigenvalue weighted by atomic mass is 10.1. The molecule has 2 aromatic carbocycles. The number of carbonyl (C=O) groups is 2. The van der Waals surface area contributed by atoms with Crippen LogP contribution in [0, 0.1) is 0 Å². The van der Waals surface area contributed by atoms with Crippen molar-refractivity contribution in [3.05, 3.63) is 58.1 Å². The van der Waals surface area contributed by atoms with Gasteiger partial charge in [-0.25, -0.2) is 8.42 Å². The normalized spacial score (nSPS) is 12.1. The SMILES string of the molecule is CCCCNC(=O)[C@@H](C)N(Cc1ccccc1Cl)C(=O)CN(c1cc(Cl)ccc1OC)S(C)(=O)=O. The smallest absolute Gasteiger partial charge is 0.244 e. The summed E-state index contributed by atoms with van der Waals surface area (Å²) < 4.78 is 31.6. The third kappa shape index (κ3) is 8.02. The molecule has 0 fully saturated rings. The maximum absolute atomic E-state index is 13.6. The van der Waals surface area contributed by atoms with Gasteiger partial charge in [0, 0.05) is 23.1 Å². The molecule has 0 aliphatic rings. The van der Waals surface area contributed by atoms with Gasteiger partial charge in [-0.05, 0) is 43.2 Å². The average molecular weight is 545 g/mol. The lowest BCUT2D eigenvalue weighted by molar-refractivity contribution is -0.139. The van der Waals surface area contributed by atoms with Crippen LogP contribution >= 0.6 is 23.2 Å². The maximum Gasteiger partial charge on any atom is 0.244 e. The number of rotatable bonds is 12. The van der Waals surface area contributed by atoms with E-state index in [1.165, 1.54) is 24.1 Å². The van der Waals surface area contributed by atoms with E-state index in [1.807, 2.05) is 6.92 Å². The summed E-state index contributed by atoms with van der Waals surface area (Å²) in [6, 6.07) is 10.6. The summed E-state index contributed by atoms with van der Waals surface area (Å²) in [6.45, 7) is 3.54. The van der Waals surface area contributed by atoms with Gasteiger partial charge in [0.05, 0.1) is 19.1 Å². The molecule has 11 heteroatoms. The number of sulfonamides is 1. The Labute approximate surface area is 217 Å². The zero-order chi connectivity index (χ0) is 26.2. The number of hydrogen-bond donors (Lipinski definition) is 1. The summed E-state index contributed by atoms with van der Waals surface area (Å²) in [4.78, 5) is 27.7. The van der Waals surface area contributed by atoms with Crippen molar-refractivity contribution in [2.24, 2.45) is 0 Å². The van der Waals surface area contributed by atoms with Gasteiger partial charge in [-0.3, -0.25) is 13.9 Å².